The molecule has 0 N–H and O–H groups in total. The van der Waals surface area contributed by atoms with Crippen molar-refractivity contribution in [3.05, 3.63) is 29.8 Å². The largest absolute Gasteiger partial charge is 0.468 e. The van der Waals surface area contributed by atoms with Crippen LogP contribution in [0.5, 0.6) is 0 Å². The Morgan fingerprint density at radius 2 is 2.00 bits per heavy atom. The van der Waals surface area contributed by atoms with Crippen LogP contribution in [0.2, 0.25) is 0 Å². The highest BCUT2D eigenvalue weighted by Gasteiger charge is 2.05. The molecular formula is C13H19NO2S. The molecule has 1 rings (SSSR count). The monoisotopic (exact) mass is 253 g/mol. The van der Waals surface area contributed by atoms with E-state index < -0.39 is 0 Å². The summed E-state index contributed by atoms with van der Waals surface area (Å²) in [6.45, 7) is 1.20. The van der Waals surface area contributed by atoms with Gasteiger partial charge in [0.15, 0.2) is 0 Å². The summed E-state index contributed by atoms with van der Waals surface area (Å²) in [6, 6.07) is 8.52. The van der Waals surface area contributed by atoms with Crippen LogP contribution in [-0.2, 0) is 16.0 Å². The molecule has 0 fully saturated rings. The van der Waals surface area contributed by atoms with Gasteiger partial charge in [-0.1, -0.05) is 12.1 Å². The second-order valence-electron chi connectivity index (χ2n) is 3.91. The normalized spacial score (nSPS) is 10.6. The zero-order chi connectivity index (χ0) is 12.7. The van der Waals surface area contributed by atoms with Crippen molar-refractivity contribution in [1.82, 2.24) is 4.90 Å². The molecule has 0 spiro atoms. The lowest BCUT2D eigenvalue weighted by Gasteiger charge is -2.14. The smallest absolute Gasteiger partial charge is 0.319 e. The van der Waals surface area contributed by atoms with Crippen LogP contribution >= 0.6 is 11.8 Å². The summed E-state index contributed by atoms with van der Waals surface area (Å²) in [6.07, 6.45) is 3.02. The minimum absolute atomic E-state index is 0.190. The molecule has 4 heteroatoms. The predicted octanol–water partition coefficient (Wildman–Crippen LogP) is 2.06. The van der Waals surface area contributed by atoms with Crippen molar-refractivity contribution in [2.24, 2.45) is 0 Å². The van der Waals surface area contributed by atoms with E-state index >= 15 is 0 Å². The molecule has 94 valence electrons. The Morgan fingerprint density at radius 1 is 1.35 bits per heavy atom. The molecule has 0 aliphatic carbocycles. The maximum Gasteiger partial charge on any atom is 0.319 e. The SMILES string of the molecule is COC(=O)CN(C)CCc1ccc(SC)cc1. The van der Waals surface area contributed by atoms with Gasteiger partial charge in [0.05, 0.1) is 13.7 Å². The van der Waals surface area contributed by atoms with Gasteiger partial charge in [0.1, 0.15) is 0 Å². The van der Waals surface area contributed by atoms with E-state index in [-0.39, 0.29) is 5.97 Å². The number of carbonyl (C=O) groups is 1. The molecule has 0 heterocycles. The number of carbonyl (C=O) groups excluding carboxylic acids is 1. The van der Waals surface area contributed by atoms with Gasteiger partial charge in [-0.15, -0.1) is 11.8 Å². The lowest BCUT2D eigenvalue weighted by molar-refractivity contribution is -0.141. The van der Waals surface area contributed by atoms with E-state index in [0.717, 1.165) is 13.0 Å². The average molecular weight is 253 g/mol. The van der Waals surface area contributed by atoms with E-state index in [1.54, 1.807) is 11.8 Å². The number of esters is 1. The molecule has 0 aromatic heterocycles. The molecule has 3 nitrogen and oxygen atoms in total. The molecular weight excluding hydrogens is 234 g/mol. The van der Waals surface area contributed by atoms with Crippen LogP contribution in [0.25, 0.3) is 0 Å². The second kappa shape index (κ2) is 7.35. The van der Waals surface area contributed by atoms with Gasteiger partial charge in [0.2, 0.25) is 0 Å². The summed E-state index contributed by atoms with van der Waals surface area (Å²) in [4.78, 5) is 14.3. The Hall–Kier alpha value is -1.00. The molecule has 0 atom stereocenters. The third kappa shape index (κ3) is 5.24. The summed E-state index contributed by atoms with van der Waals surface area (Å²) < 4.78 is 4.62. The predicted molar refractivity (Wildman–Crippen MR) is 71.4 cm³/mol. The standard InChI is InChI=1S/C13H19NO2S/c1-14(10-13(15)16-2)9-8-11-4-6-12(17-3)7-5-11/h4-7H,8-10H2,1-3H3. The fraction of sp³-hybridized carbons (Fsp3) is 0.462. The Labute approximate surface area is 107 Å². The molecule has 0 unspecified atom stereocenters. The summed E-state index contributed by atoms with van der Waals surface area (Å²) in [5, 5.41) is 0. The lowest BCUT2D eigenvalue weighted by atomic mass is 10.1. The molecule has 0 amide bonds. The maximum atomic E-state index is 11.1. The van der Waals surface area contributed by atoms with Crippen LogP contribution in [0.4, 0.5) is 0 Å². The minimum Gasteiger partial charge on any atom is -0.468 e. The average Bonchev–Trinajstić information content (AvgIpc) is 2.36. The lowest BCUT2D eigenvalue weighted by Crippen LogP contribution is -2.28. The molecule has 0 aliphatic rings. The Morgan fingerprint density at radius 3 is 2.53 bits per heavy atom. The molecule has 0 saturated carbocycles. The second-order valence-corrected chi connectivity index (χ2v) is 4.79. The number of ether oxygens (including phenoxy) is 1. The van der Waals surface area contributed by atoms with Gasteiger partial charge >= 0.3 is 5.97 Å². The number of nitrogens with zero attached hydrogens (tertiary/aromatic N) is 1. The number of benzene rings is 1. The van der Waals surface area contributed by atoms with Crippen LogP contribution in [0.1, 0.15) is 5.56 Å². The van der Waals surface area contributed by atoms with Crippen LogP contribution in [0, 0.1) is 0 Å². The summed E-state index contributed by atoms with van der Waals surface area (Å²) in [5.74, 6) is -0.190. The number of hydrogen-bond acceptors (Lipinski definition) is 4. The van der Waals surface area contributed by atoms with Crippen molar-refractivity contribution in [3.63, 3.8) is 0 Å². The zero-order valence-corrected chi connectivity index (χ0v) is 11.4. The van der Waals surface area contributed by atoms with Gasteiger partial charge in [-0.3, -0.25) is 9.69 Å². The van der Waals surface area contributed by atoms with Crippen molar-refractivity contribution in [1.29, 1.82) is 0 Å². The Kier molecular flexibility index (Phi) is 6.08. The zero-order valence-electron chi connectivity index (χ0n) is 10.6. The van der Waals surface area contributed by atoms with Gasteiger partial charge in [-0.25, -0.2) is 0 Å². The quantitative estimate of drug-likeness (QED) is 0.573. The van der Waals surface area contributed by atoms with Gasteiger partial charge < -0.3 is 4.74 Å². The number of thioether (sulfide) groups is 1. The van der Waals surface area contributed by atoms with E-state index in [0.29, 0.717) is 6.54 Å². The Bertz CT molecular complexity index is 351. The van der Waals surface area contributed by atoms with Gasteiger partial charge in [0.25, 0.3) is 0 Å². The van der Waals surface area contributed by atoms with Crippen molar-refractivity contribution in [3.8, 4) is 0 Å². The highest BCUT2D eigenvalue weighted by atomic mass is 32.2. The number of hydrogen-bond donors (Lipinski definition) is 0. The summed E-state index contributed by atoms with van der Waals surface area (Å²) >= 11 is 1.74. The molecule has 0 radical (unpaired) electrons. The number of rotatable bonds is 6. The van der Waals surface area contributed by atoms with Crippen molar-refractivity contribution < 1.29 is 9.53 Å². The molecule has 17 heavy (non-hydrogen) atoms. The fourth-order valence-corrected chi connectivity index (χ4v) is 1.88. The maximum absolute atomic E-state index is 11.1. The van der Waals surface area contributed by atoms with Crippen molar-refractivity contribution >= 4 is 17.7 Å². The van der Waals surface area contributed by atoms with E-state index in [1.165, 1.54) is 17.6 Å². The molecule has 0 aliphatic heterocycles. The van der Waals surface area contributed by atoms with E-state index in [2.05, 4.69) is 35.3 Å². The highest BCUT2D eigenvalue weighted by Crippen LogP contribution is 2.15. The molecule has 0 saturated heterocycles. The van der Waals surface area contributed by atoms with Crippen LogP contribution in [-0.4, -0.2) is 44.4 Å². The summed E-state index contributed by atoms with van der Waals surface area (Å²) in [5.41, 5.74) is 1.29. The van der Waals surface area contributed by atoms with Gasteiger partial charge in [0, 0.05) is 11.4 Å². The number of methoxy groups -OCH3 is 1. The third-order valence-corrected chi connectivity index (χ3v) is 3.31. The van der Waals surface area contributed by atoms with E-state index in [4.69, 9.17) is 0 Å². The minimum atomic E-state index is -0.190. The van der Waals surface area contributed by atoms with Crippen LogP contribution in [0.3, 0.4) is 0 Å². The molecule has 1 aromatic carbocycles. The first-order valence-electron chi connectivity index (χ1n) is 5.54. The first-order valence-corrected chi connectivity index (χ1v) is 6.76. The van der Waals surface area contributed by atoms with Crippen LogP contribution in [0.15, 0.2) is 29.2 Å². The van der Waals surface area contributed by atoms with Crippen molar-refractivity contribution in [2.75, 3.05) is 33.5 Å². The molecule has 1 aromatic rings. The van der Waals surface area contributed by atoms with Crippen LogP contribution < -0.4 is 0 Å². The van der Waals surface area contributed by atoms with Crippen molar-refractivity contribution in [2.45, 2.75) is 11.3 Å². The van der Waals surface area contributed by atoms with E-state index in [9.17, 15) is 4.79 Å². The van der Waals surface area contributed by atoms with E-state index in [1.807, 2.05) is 11.9 Å². The first kappa shape index (κ1) is 14.1. The van der Waals surface area contributed by atoms with Gasteiger partial charge in [-0.05, 0) is 37.4 Å². The number of likely N-dealkylation sites (N-methyl/N-ethyl adjacent to an activating group) is 1. The topological polar surface area (TPSA) is 29.5 Å². The first-order chi connectivity index (χ1) is 8.15. The Balaban J connectivity index is 2.36. The third-order valence-electron chi connectivity index (χ3n) is 2.57. The molecule has 0 bridgehead atoms. The summed E-state index contributed by atoms with van der Waals surface area (Å²) in [7, 11) is 3.34. The highest BCUT2D eigenvalue weighted by molar-refractivity contribution is 7.98. The van der Waals surface area contributed by atoms with Gasteiger partial charge in [-0.2, -0.15) is 0 Å². The fourth-order valence-electron chi connectivity index (χ4n) is 1.48.